The largest absolute Gasteiger partial charge is 0.402 e. The van der Waals surface area contributed by atoms with E-state index in [2.05, 4.69) is 9.97 Å². The van der Waals surface area contributed by atoms with Crippen LogP contribution in [0.2, 0.25) is 0 Å². The zero-order valence-electron chi connectivity index (χ0n) is 8.67. The van der Waals surface area contributed by atoms with Crippen LogP contribution in [0.4, 0.5) is 0 Å². The number of fused-ring (bicyclic) bond motifs is 1. The van der Waals surface area contributed by atoms with E-state index < -0.39 is 0 Å². The predicted octanol–water partition coefficient (Wildman–Crippen LogP) is 1.73. The SMILES string of the molecule is Cc1nc(C)c2c(n1)CCCC(N)=C2. The Hall–Kier alpha value is -1.38. The van der Waals surface area contributed by atoms with Crippen LogP contribution < -0.4 is 5.73 Å². The second-order valence-electron chi connectivity index (χ2n) is 3.79. The fourth-order valence-electron chi connectivity index (χ4n) is 1.89. The van der Waals surface area contributed by atoms with Crippen LogP contribution in [0.1, 0.15) is 35.6 Å². The summed E-state index contributed by atoms with van der Waals surface area (Å²) in [5, 5.41) is 0. The summed E-state index contributed by atoms with van der Waals surface area (Å²) < 4.78 is 0. The first kappa shape index (κ1) is 9.19. The summed E-state index contributed by atoms with van der Waals surface area (Å²) in [4.78, 5) is 8.81. The highest BCUT2D eigenvalue weighted by Crippen LogP contribution is 2.21. The van der Waals surface area contributed by atoms with Gasteiger partial charge in [0, 0.05) is 17.0 Å². The maximum Gasteiger partial charge on any atom is 0.125 e. The lowest BCUT2D eigenvalue weighted by Crippen LogP contribution is -2.01. The summed E-state index contributed by atoms with van der Waals surface area (Å²) in [5.41, 5.74) is 10.1. The van der Waals surface area contributed by atoms with Gasteiger partial charge in [0.25, 0.3) is 0 Å². The van der Waals surface area contributed by atoms with Crippen LogP contribution in [-0.4, -0.2) is 9.97 Å². The van der Waals surface area contributed by atoms with Crippen LogP contribution in [0, 0.1) is 13.8 Å². The first-order valence-corrected chi connectivity index (χ1v) is 4.97. The van der Waals surface area contributed by atoms with Crippen molar-refractivity contribution in [3.63, 3.8) is 0 Å². The lowest BCUT2D eigenvalue weighted by Gasteiger charge is -2.06. The number of nitrogens with two attached hydrogens (primary N) is 1. The van der Waals surface area contributed by atoms with E-state index >= 15 is 0 Å². The van der Waals surface area contributed by atoms with Crippen molar-refractivity contribution in [1.82, 2.24) is 9.97 Å². The third kappa shape index (κ3) is 1.62. The highest BCUT2D eigenvalue weighted by molar-refractivity contribution is 5.57. The van der Waals surface area contributed by atoms with Crippen LogP contribution in [0.25, 0.3) is 6.08 Å². The Morgan fingerprint density at radius 3 is 2.79 bits per heavy atom. The monoisotopic (exact) mass is 189 g/mol. The maximum atomic E-state index is 5.86. The molecule has 0 bridgehead atoms. The number of nitrogens with zero attached hydrogens (tertiary/aromatic N) is 2. The highest BCUT2D eigenvalue weighted by Gasteiger charge is 2.11. The van der Waals surface area contributed by atoms with Crippen LogP contribution >= 0.6 is 0 Å². The molecule has 74 valence electrons. The summed E-state index contributed by atoms with van der Waals surface area (Å²) in [7, 11) is 0. The molecule has 0 saturated heterocycles. The molecule has 0 aliphatic heterocycles. The lowest BCUT2D eigenvalue weighted by molar-refractivity contribution is 0.786. The Bertz CT molecular complexity index is 394. The Labute approximate surface area is 84.1 Å². The van der Waals surface area contributed by atoms with Crippen molar-refractivity contribution >= 4 is 6.08 Å². The zero-order chi connectivity index (χ0) is 10.1. The molecule has 0 fully saturated rings. The lowest BCUT2D eigenvalue weighted by atomic mass is 10.1. The van der Waals surface area contributed by atoms with Gasteiger partial charge in [0.1, 0.15) is 5.82 Å². The van der Waals surface area contributed by atoms with Crippen LogP contribution in [0.15, 0.2) is 5.70 Å². The van der Waals surface area contributed by atoms with E-state index in [9.17, 15) is 0 Å². The van der Waals surface area contributed by atoms with Gasteiger partial charge < -0.3 is 5.73 Å². The molecule has 0 aromatic carbocycles. The fraction of sp³-hybridized carbons (Fsp3) is 0.455. The number of hydrogen-bond acceptors (Lipinski definition) is 3. The normalized spacial score (nSPS) is 15.7. The van der Waals surface area contributed by atoms with E-state index in [-0.39, 0.29) is 0 Å². The second kappa shape index (κ2) is 3.40. The Balaban J connectivity index is 2.58. The van der Waals surface area contributed by atoms with E-state index in [1.54, 1.807) is 0 Å². The summed E-state index contributed by atoms with van der Waals surface area (Å²) >= 11 is 0. The molecule has 0 atom stereocenters. The van der Waals surface area contributed by atoms with E-state index in [0.29, 0.717) is 0 Å². The molecule has 1 aliphatic rings. The molecule has 0 radical (unpaired) electrons. The summed E-state index contributed by atoms with van der Waals surface area (Å²) in [6.45, 7) is 3.95. The third-order valence-electron chi connectivity index (χ3n) is 2.54. The van der Waals surface area contributed by atoms with Gasteiger partial charge in [-0.15, -0.1) is 0 Å². The van der Waals surface area contributed by atoms with Gasteiger partial charge in [-0.2, -0.15) is 0 Å². The summed E-state index contributed by atoms with van der Waals surface area (Å²) in [6, 6.07) is 0. The van der Waals surface area contributed by atoms with Gasteiger partial charge in [0.2, 0.25) is 0 Å². The van der Waals surface area contributed by atoms with Crippen molar-refractivity contribution < 1.29 is 0 Å². The molecule has 0 unspecified atom stereocenters. The molecule has 1 aromatic heterocycles. The zero-order valence-corrected chi connectivity index (χ0v) is 8.67. The number of allylic oxidation sites excluding steroid dienone is 1. The average molecular weight is 189 g/mol. The Kier molecular flexibility index (Phi) is 2.23. The van der Waals surface area contributed by atoms with E-state index in [0.717, 1.165) is 47.7 Å². The smallest absolute Gasteiger partial charge is 0.125 e. The van der Waals surface area contributed by atoms with Gasteiger partial charge in [-0.05, 0) is 39.2 Å². The average Bonchev–Trinajstić information content (AvgIpc) is 2.27. The van der Waals surface area contributed by atoms with E-state index in [1.807, 2.05) is 19.9 Å². The fourth-order valence-corrected chi connectivity index (χ4v) is 1.89. The number of hydrogen-bond donors (Lipinski definition) is 1. The molecule has 3 nitrogen and oxygen atoms in total. The second-order valence-corrected chi connectivity index (χ2v) is 3.79. The quantitative estimate of drug-likeness (QED) is 0.676. The molecule has 0 spiro atoms. The third-order valence-corrected chi connectivity index (χ3v) is 2.54. The number of rotatable bonds is 0. The standard InChI is InChI=1S/C11H15N3/c1-7-10-6-9(12)4-3-5-11(10)14-8(2)13-7/h6H,3-5,12H2,1-2H3. The van der Waals surface area contributed by atoms with Crippen molar-refractivity contribution in [2.75, 3.05) is 0 Å². The van der Waals surface area contributed by atoms with E-state index in [4.69, 9.17) is 5.73 Å². The van der Waals surface area contributed by atoms with Crippen LogP contribution in [-0.2, 0) is 6.42 Å². The summed E-state index contributed by atoms with van der Waals surface area (Å²) in [6.07, 6.45) is 5.09. The minimum Gasteiger partial charge on any atom is -0.402 e. The topological polar surface area (TPSA) is 51.8 Å². The van der Waals surface area contributed by atoms with E-state index in [1.165, 1.54) is 0 Å². The van der Waals surface area contributed by atoms with Crippen molar-refractivity contribution in [3.8, 4) is 0 Å². The molecular formula is C11H15N3. The van der Waals surface area contributed by atoms with Crippen molar-refractivity contribution in [1.29, 1.82) is 0 Å². The first-order valence-electron chi connectivity index (χ1n) is 4.97. The minimum atomic E-state index is 0.857. The highest BCUT2D eigenvalue weighted by atomic mass is 14.9. The van der Waals surface area contributed by atoms with Gasteiger partial charge in [-0.25, -0.2) is 9.97 Å². The number of aromatic nitrogens is 2. The number of aryl methyl sites for hydroxylation is 3. The predicted molar refractivity (Wildman–Crippen MR) is 56.6 cm³/mol. The summed E-state index contributed by atoms with van der Waals surface area (Å²) in [5.74, 6) is 0.857. The molecule has 14 heavy (non-hydrogen) atoms. The molecule has 2 rings (SSSR count). The Morgan fingerprint density at radius 1 is 1.21 bits per heavy atom. The molecular weight excluding hydrogens is 174 g/mol. The molecule has 1 aromatic rings. The van der Waals surface area contributed by atoms with Crippen molar-refractivity contribution in [2.45, 2.75) is 33.1 Å². The van der Waals surface area contributed by atoms with Gasteiger partial charge >= 0.3 is 0 Å². The Morgan fingerprint density at radius 2 is 2.00 bits per heavy atom. The van der Waals surface area contributed by atoms with Crippen molar-refractivity contribution in [3.05, 3.63) is 28.5 Å². The minimum absolute atomic E-state index is 0.857. The molecule has 1 heterocycles. The van der Waals surface area contributed by atoms with Crippen LogP contribution in [0.5, 0.6) is 0 Å². The molecule has 0 saturated carbocycles. The molecule has 0 amide bonds. The molecule has 1 aliphatic carbocycles. The van der Waals surface area contributed by atoms with Gasteiger partial charge in [-0.3, -0.25) is 0 Å². The molecule has 3 heteroatoms. The van der Waals surface area contributed by atoms with Gasteiger partial charge in [0.05, 0.1) is 5.69 Å². The van der Waals surface area contributed by atoms with Crippen molar-refractivity contribution in [2.24, 2.45) is 5.73 Å². The van der Waals surface area contributed by atoms with Crippen LogP contribution in [0.3, 0.4) is 0 Å². The van der Waals surface area contributed by atoms with Gasteiger partial charge in [0.15, 0.2) is 0 Å². The maximum absolute atomic E-state index is 5.86. The van der Waals surface area contributed by atoms with Gasteiger partial charge in [-0.1, -0.05) is 0 Å². The molecule has 2 N–H and O–H groups in total. The first-order chi connectivity index (χ1) is 6.66.